The summed E-state index contributed by atoms with van der Waals surface area (Å²) in [7, 11) is -1.56. The van der Waals surface area contributed by atoms with Crippen LogP contribution in [0.4, 0.5) is 22.7 Å². The molecule has 0 saturated carbocycles. The highest BCUT2D eigenvalue weighted by atomic mass is 32.2. The Morgan fingerprint density at radius 1 is 1.00 bits per heavy atom. The van der Waals surface area contributed by atoms with Gasteiger partial charge in [0.1, 0.15) is 5.69 Å². The molecule has 0 bridgehead atoms. The van der Waals surface area contributed by atoms with Crippen LogP contribution in [0.5, 0.6) is 0 Å². The minimum Gasteiger partial charge on any atom is -0.370 e. The summed E-state index contributed by atoms with van der Waals surface area (Å²) < 4.78 is 25.7. The van der Waals surface area contributed by atoms with Crippen molar-refractivity contribution in [2.75, 3.05) is 55.3 Å². The van der Waals surface area contributed by atoms with Gasteiger partial charge in [0.2, 0.25) is 0 Å². The van der Waals surface area contributed by atoms with Crippen molar-refractivity contribution in [3.05, 3.63) is 105 Å². The summed E-state index contributed by atoms with van der Waals surface area (Å²) in [6.07, 6.45) is 2.05. The van der Waals surface area contributed by atoms with E-state index in [0.717, 1.165) is 79.6 Å². The Balaban J connectivity index is 1.04. The van der Waals surface area contributed by atoms with Crippen LogP contribution >= 0.6 is 0 Å². The number of hydrogen-bond acceptors (Lipinski definition) is 10. The monoisotopic (exact) mass is 709 g/mol. The van der Waals surface area contributed by atoms with Crippen LogP contribution in [0, 0.1) is 22.5 Å². The van der Waals surface area contributed by atoms with Crippen LogP contribution in [0.1, 0.15) is 36.2 Å². The molecule has 2 N–H and O–H groups in total. The molecule has 2 aliphatic heterocycles. The standard InChI is InChI=1S/C39H47N7O4S/c1-6-29-9-8-28(18-30(29)7-2)20-43(5)37-19-36(42-27(3)38(37)41-4)31-10-12-33(13-11-31)45-25-39(26-45)23-44(24-39)21-32(40)22-51(49,50)35-16-14-34(15-17-35)46(47)48/h8-19,32H,4,6-7,20-26,40H2,1-3,5H3. The largest absolute Gasteiger partial charge is 0.370 e. The number of hydrogen-bond donors (Lipinski definition) is 1. The van der Waals surface area contributed by atoms with Crippen LogP contribution in [0.15, 0.2) is 82.7 Å². The molecule has 1 atom stereocenters. The van der Waals surface area contributed by atoms with Gasteiger partial charge in [-0.3, -0.25) is 20.1 Å². The van der Waals surface area contributed by atoms with Gasteiger partial charge in [0.15, 0.2) is 9.84 Å². The summed E-state index contributed by atoms with van der Waals surface area (Å²) in [5, 5.41) is 10.9. The zero-order valence-electron chi connectivity index (χ0n) is 29.9. The molecule has 6 rings (SSSR count). The number of non-ortho nitro benzene ring substituents is 1. The number of anilines is 2. The normalized spacial score (nSPS) is 16.0. The third-order valence-electron chi connectivity index (χ3n) is 10.2. The minimum atomic E-state index is -3.65. The van der Waals surface area contributed by atoms with E-state index in [0.29, 0.717) is 6.54 Å². The smallest absolute Gasteiger partial charge is 0.269 e. The Labute approximate surface area is 300 Å². The predicted molar refractivity (Wildman–Crippen MR) is 205 cm³/mol. The maximum Gasteiger partial charge on any atom is 0.269 e. The molecule has 2 fully saturated rings. The first-order valence-electron chi connectivity index (χ1n) is 17.4. The number of pyridine rings is 1. The highest BCUT2D eigenvalue weighted by molar-refractivity contribution is 7.91. The minimum absolute atomic E-state index is 0.0488. The molecule has 1 spiro atoms. The van der Waals surface area contributed by atoms with Crippen LogP contribution in [0.2, 0.25) is 0 Å². The number of nitrogens with zero attached hydrogens (tertiary/aromatic N) is 6. The van der Waals surface area contributed by atoms with Gasteiger partial charge in [0, 0.05) is 81.2 Å². The van der Waals surface area contributed by atoms with Gasteiger partial charge >= 0.3 is 0 Å². The van der Waals surface area contributed by atoms with Gasteiger partial charge in [-0.2, -0.15) is 0 Å². The van der Waals surface area contributed by atoms with Gasteiger partial charge in [-0.15, -0.1) is 0 Å². The summed E-state index contributed by atoms with van der Waals surface area (Å²) in [5.41, 5.74) is 16.1. The fourth-order valence-corrected chi connectivity index (χ4v) is 9.06. The fraction of sp³-hybridized carbons (Fsp3) is 0.385. The van der Waals surface area contributed by atoms with Crippen LogP contribution in [-0.4, -0.2) is 81.5 Å². The maximum absolute atomic E-state index is 12.8. The van der Waals surface area contributed by atoms with Gasteiger partial charge in [-0.1, -0.05) is 44.2 Å². The number of aromatic nitrogens is 1. The SMILES string of the molecule is C=Nc1c(N(C)Cc2ccc(CC)c(CC)c2)cc(-c2ccc(N3CC4(CN(CC(N)CS(=O)(=O)c5ccc([N+](=O)[O-])cc5)C4)C3)cc2)nc1C. The second-order valence-electron chi connectivity index (χ2n) is 14.2. The highest BCUT2D eigenvalue weighted by Crippen LogP contribution is 2.42. The van der Waals surface area contributed by atoms with Crippen molar-refractivity contribution < 1.29 is 13.3 Å². The van der Waals surface area contributed by atoms with Crippen molar-refractivity contribution in [3.8, 4) is 11.3 Å². The lowest BCUT2D eigenvalue weighted by atomic mass is 9.72. The van der Waals surface area contributed by atoms with Crippen molar-refractivity contribution in [1.82, 2.24) is 9.88 Å². The first kappa shape index (κ1) is 36.2. The first-order valence-corrected chi connectivity index (χ1v) is 19.1. The molecule has 11 nitrogen and oxygen atoms in total. The van der Waals surface area contributed by atoms with E-state index in [2.05, 4.69) is 95.8 Å². The Morgan fingerprint density at radius 3 is 2.27 bits per heavy atom. The summed E-state index contributed by atoms with van der Waals surface area (Å²) in [5.74, 6) is -0.210. The second kappa shape index (κ2) is 14.5. The number of rotatable bonds is 14. The molecular weight excluding hydrogens is 663 g/mol. The Kier molecular flexibility index (Phi) is 10.3. The van der Waals surface area contributed by atoms with Gasteiger partial charge in [-0.25, -0.2) is 8.42 Å². The summed E-state index contributed by atoms with van der Waals surface area (Å²) >= 11 is 0. The summed E-state index contributed by atoms with van der Waals surface area (Å²) in [4.78, 5) is 26.5. The van der Waals surface area contributed by atoms with E-state index < -0.39 is 20.8 Å². The molecule has 268 valence electrons. The second-order valence-corrected chi connectivity index (χ2v) is 16.2. The van der Waals surface area contributed by atoms with Crippen molar-refractivity contribution in [2.24, 2.45) is 16.1 Å². The van der Waals surface area contributed by atoms with Gasteiger partial charge in [0.25, 0.3) is 5.69 Å². The van der Waals surface area contributed by atoms with Crippen molar-refractivity contribution in [3.63, 3.8) is 0 Å². The van der Waals surface area contributed by atoms with E-state index in [4.69, 9.17) is 10.7 Å². The zero-order valence-corrected chi connectivity index (χ0v) is 30.7. The number of nitrogens with two attached hydrogens (primary N) is 1. The molecule has 2 saturated heterocycles. The predicted octanol–water partition coefficient (Wildman–Crippen LogP) is 5.98. The molecule has 2 aliphatic rings. The highest BCUT2D eigenvalue weighted by Gasteiger charge is 2.51. The molecule has 3 aromatic carbocycles. The zero-order chi connectivity index (χ0) is 36.5. The Hall–Kier alpha value is -4.65. The maximum atomic E-state index is 12.8. The number of aliphatic imine (C=N–C) groups is 1. The summed E-state index contributed by atoms with van der Waals surface area (Å²) in [6, 6.07) is 21.8. The van der Waals surface area contributed by atoms with E-state index in [1.165, 1.54) is 41.0 Å². The topological polar surface area (TPSA) is 138 Å². The average Bonchev–Trinajstić information content (AvgIpc) is 3.08. The number of aryl methyl sites for hydroxylation is 3. The Bertz CT molecular complexity index is 2020. The van der Waals surface area contributed by atoms with Gasteiger partial charge in [0.05, 0.1) is 32.6 Å². The van der Waals surface area contributed by atoms with E-state index in [1.54, 1.807) is 0 Å². The third kappa shape index (κ3) is 7.68. The summed E-state index contributed by atoms with van der Waals surface area (Å²) in [6.45, 7) is 15.1. The van der Waals surface area contributed by atoms with Gasteiger partial charge in [-0.05, 0) is 73.5 Å². The molecule has 4 aromatic rings. The Morgan fingerprint density at radius 2 is 1.67 bits per heavy atom. The van der Waals surface area contributed by atoms with E-state index in [-0.39, 0.29) is 21.8 Å². The molecule has 12 heteroatoms. The van der Waals surface area contributed by atoms with Crippen LogP contribution in [0.3, 0.4) is 0 Å². The quantitative estimate of drug-likeness (QED) is 0.0952. The van der Waals surface area contributed by atoms with E-state index >= 15 is 0 Å². The number of nitro groups is 1. The van der Waals surface area contributed by atoms with Crippen molar-refractivity contribution in [2.45, 2.75) is 51.1 Å². The number of benzene rings is 3. The molecule has 1 unspecified atom stereocenters. The molecule has 0 amide bonds. The number of likely N-dealkylation sites (tertiary alicyclic amines) is 1. The van der Waals surface area contributed by atoms with Crippen LogP contribution in [0.25, 0.3) is 11.3 Å². The van der Waals surface area contributed by atoms with E-state index in [9.17, 15) is 18.5 Å². The third-order valence-corrected chi connectivity index (χ3v) is 12.1. The molecule has 1 aromatic heterocycles. The fourth-order valence-electron chi connectivity index (χ4n) is 7.65. The molecule has 0 radical (unpaired) electrons. The number of sulfone groups is 1. The van der Waals surface area contributed by atoms with Crippen molar-refractivity contribution >= 4 is 39.3 Å². The molecule has 0 aliphatic carbocycles. The van der Waals surface area contributed by atoms with Gasteiger partial charge < -0.3 is 20.4 Å². The molecular formula is C39H47N7O4S. The average molecular weight is 710 g/mol. The van der Waals surface area contributed by atoms with Crippen LogP contribution in [-0.2, 0) is 29.2 Å². The molecule has 51 heavy (non-hydrogen) atoms. The first-order chi connectivity index (χ1) is 24.3. The lowest BCUT2D eigenvalue weighted by Gasteiger charge is -2.61. The number of nitro benzene ring substituents is 1. The van der Waals surface area contributed by atoms with Crippen LogP contribution < -0.4 is 15.5 Å². The molecule has 3 heterocycles. The lowest BCUT2D eigenvalue weighted by Crippen LogP contribution is -2.73. The lowest BCUT2D eigenvalue weighted by molar-refractivity contribution is -0.384. The van der Waals surface area contributed by atoms with E-state index in [1.807, 2.05) is 6.92 Å². The van der Waals surface area contributed by atoms with Crippen molar-refractivity contribution in [1.29, 1.82) is 0 Å².